The van der Waals surface area contributed by atoms with Gasteiger partial charge in [0.15, 0.2) is 0 Å². The smallest absolute Gasteiger partial charge is 0.143 e. The van der Waals surface area contributed by atoms with Crippen molar-refractivity contribution in [1.29, 1.82) is 0 Å². The lowest BCUT2D eigenvalue weighted by Gasteiger charge is -2.44. The van der Waals surface area contributed by atoms with Crippen LogP contribution in [0.4, 0.5) is 0 Å². The molecular weight excluding hydrogens is 314 g/mol. The minimum absolute atomic E-state index is 0.0819. The second kappa shape index (κ2) is 4.35. The van der Waals surface area contributed by atoms with E-state index in [2.05, 4.69) is 44.3 Å². The number of aryl methyl sites for hydroxylation is 1. The average Bonchev–Trinajstić information content (AvgIpc) is 2.71. The minimum atomic E-state index is -0.0819. The van der Waals surface area contributed by atoms with E-state index in [9.17, 15) is 0 Å². The summed E-state index contributed by atoms with van der Waals surface area (Å²) in [6.45, 7) is 0. The van der Waals surface area contributed by atoms with Gasteiger partial charge < -0.3 is 4.57 Å². The Bertz CT molecular complexity index is 575. The summed E-state index contributed by atoms with van der Waals surface area (Å²) in [7, 11) is 1.98. The first-order valence-electron chi connectivity index (χ1n) is 5.86. The van der Waals surface area contributed by atoms with E-state index < -0.39 is 0 Å². The Labute approximate surface area is 119 Å². The van der Waals surface area contributed by atoms with Crippen molar-refractivity contribution < 1.29 is 0 Å². The van der Waals surface area contributed by atoms with Crippen molar-refractivity contribution in [1.82, 2.24) is 14.8 Å². The van der Waals surface area contributed by atoms with Crippen molar-refractivity contribution in [3.05, 3.63) is 46.5 Å². The second-order valence-electron chi connectivity index (χ2n) is 4.86. The van der Waals surface area contributed by atoms with Gasteiger partial charge in [-0.05, 0) is 30.5 Å². The van der Waals surface area contributed by atoms with Gasteiger partial charge in [-0.25, -0.2) is 0 Å². The molecule has 3 nitrogen and oxygen atoms in total. The van der Waals surface area contributed by atoms with Crippen LogP contribution in [-0.2, 0) is 12.5 Å². The Balaban J connectivity index is 2.11. The summed E-state index contributed by atoms with van der Waals surface area (Å²) in [5.41, 5.74) is 1.17. The van der Waals surface area contributed by atoms with Gasteiger partial charge in [0.1, 0.15) is 12.2 Å². The topological polar surface area (TPSA) is 30.7 Å². The number of nitrogens with zero attached hydrogens (tertiary/aromatic N) is 3. The standard InChI is InChI=1S/C13H13BrClN3/c1-18-8-16-17-12(18)13(6-11(15)7-13)9-3-2-4-10(14)5-9/h2-5,8,11H,6-7H2,1H3/t11-,13+. The van der Waals surface area contributed by atoms with Crippen LogP contribution in [0.25, 0.3) is 0 Å². The monoisotopic (exact) mass is 325 g/mol. The Kier molecular flexibility index (Phi) is 2.94. The average molecular weight is 327 g/mol. The summed E-state index contributed by atoms with van der Waals surface area (Å²) in [4.78, 5) is 0. The van der Waals surface area contributed by atoms with Crippen LogP contribution in [-0.4, -0.2) is 20.1 Å². The maximum Gasteiger partial charge on any atom is 0.143 e. The van der Waals surface area contributed by atoms with Crippen molar-refractivity contribution >= 4 is 27.5 Å². The zero-order valence-corrected chi connectivity index (χ0v) is 12.3. The molecule has 5 heteroatoms. The van der Waals surface area contributed by atoms with E-state index in [1.54, 1.807) is 6.33 Å². The summed E-state index contributed by atoms with van der Waals surface area (Å²) in [6.07, 6.45) is 3.58. The van der Waals surface area contributed by atoms with Crippen LogP contribution < -0.4 is 0 Å². The minimum Gasteiger partial charge on any atom is -0.320 e. The second-order valence-corrected chi connectivity index (χ2v) is 6.40. The quantitative estimate of drug-likeness (QED) is 0.793. The van der Waals surface area contributed by atoms with Crippen molar-refractivity contribution in [3.63, 3.8) is 0 Å². The van der Waals surface area contributed by atoms with Crippen molar-refractivity contribution in [2.24, 2.45) is 7.05 Å². The molecule has 94 valence electrons. The zero-order chi connectivity index (χ0) is 12.8. The highest BCUT2D eigenvalue weighted by Crippen LogP contribution is 2.50. The SMILES string of the molecule is Cn1cnnc1[C@]1(c2cccc(Br)c2)C[C@H](Cl)C1. The molecule has 1 aliphatic carbocycles. The Morgan fingerprint density at radius 1 is 1.44 bits per heavy atom. The number of alkyl halides is 1. The van der Waals surface area contributed by atoms with Crippen LogP contribution >= 0.6 is 27.5 Å². The van der Waals surface area contributed by atoms with Crippen molar-refractivity contribution in [3.8, 4) is 0 Å². The Hall–Kier alpha value is -0.870. The van der Waals surface area contributed by atoms with Crippen LogP contribution in [0.5, 0.6) is 0 Å². The summed E-state index contributed by atoms with van der Waals surface area (Å²) < 4.78 is 3.07. The molecule has 0 bridgehead atoms. The first-order chi connectivity index (χ1) is 8.62. The molecule has 0 amide bonds. The maximum absolute atomic E-state index is 6.22. The van der Waals surface area contributed by atoms with Gasteiger partial charge in [0.05, 0.1) is 5.41 Å². The molecule has 1 fully saturated rings. The van der Waals surface area contributed by atoms with Crippen LogP contribution in [0, 0.1) is 0 Å². The predicted octanol–water partition coefficient (Wildman–Crippen LogP) is 3.26. The van der Waals surface area contributed by atoms with Crippen molar-refractivity contribution in [2.75, 3.05) is 0 Å². The van der Waals surface area contributed by atoms with Crippen LogP contribution in [0.2, 0.25) is 0 Å². The summed E-state index contributed by atoms with van der Waals surface area (Å²) in [6, 6.07) is 8.38. The molecule has 1 aromatic carbocycles. The van der Waals surface area contributed by atoms with Gasteiger partial charge in [0, 0.05) is 16.9 Å². The fourth-order valence-corrected chi connectivity index (χ4v) is 3.67. The Morgan fingerprint density at radius 2 is 2.22 bits per heavy atom. The van der Waals surface area contributed by atoms with Gasteiger partial charge in [0.2, 0.25) is 0 Å². The fraction of sp³-hybridized carbons (Fsp3) is 0.385. The molecule has 1 saturated carbocycles. The van der Waals surface area contributed by atoms with Gasteiger partial charge in [0.25, 0.3) is 0 Å². The van der Waals surface area contributed by atoms with E-state index in [0.29, 0.717) is 0 Å². The molecule has 0 N–H and O–H groups in total. The lowest BCUT2D eigenvalue weighted by atomic mass is 9.63. The van der Waals surface area contributed by atoms with Crippen LogP contribution in [0.15, 0.2) is 35.1 Å². The molecule has 0 unspecified atom stereocenters. The summed E-state index contributed by atoms with van der Waals surface area (Å²) in [5.74, 6) is 0.998. The lowest BCUT2D eigenvalue weighted by molar-refractivity contribution is 0.285. The number of halogens is 2. The van der Waals surface area contributed by atoms with Gasteiger partial charge in [-0.15, -0.1) is 21.8 Å². The van der Waals surface area contributed by atoms with E-state index in [-0.39, 0.29) is 10.8 Å². The Morgan fingerprint density at radius 3 is 2.78 bits per heavy atom. The van der Waals surface area contributed by atoms with Crippen molar-refractivity contribution in [2.45, 2.75) is 23.6 Å². The van der Waals surface area contributed by atoms with E-state index in [4.69, 9.17) is 11.6 Å². The molecule has 1 aromatic heterocycles. The molecule has 18 heavy (non-hydrogen) atoms. The number of aromatic nitrogens is 3. The molecule has 0 radical (unpaired) electrons. The third-order valence-electron chi connectivity index (χ3n) is 3.66. The third-order valence-corrected chi connectivity index (χ3v) is 4.46. The molecular formula is C13H13BrClN3. The first-order valence-corrected chi connectivity index (χ1v) is 7.09. The van der Waals surface area contributed by atoms with Gasteiger partial charge in [-0.1, -0.05) is 28.1 Å². The van der Waals surface area contributed by atoms with E-state index in [1.807, 2.05) is 17.7 Å². The third kappa shape index (κ3) is 1.79. The van der Waals surface area contributed by atoms with Gasteiger partial charge in [-0.2, -0.15) is 0 Å². The molecule has 3 rings (SSSR count). The first kappa shape index (κ1) is 12.2. The molecule has 0 aliphatic heterocycles. The van der Waals surface area contributed by atoms with Gasteiger partial charge >= 0.3 is 0 Å². The fourth-order valence-electron chi connectivity index (χ4n) is 2.75. The highest BCUT2D eigenvalue weighted by Gasteiger charge is 2.49. The van der Waals surface area contributed by atoms with E-state index >= 15 is 0 Å². The largest absolute Gasteiger partial charge is 0.320 e. The van der Waals surface area contributed by atoms with E-state index in [0.717, 1.165) is 23.1 Å². The molecule has 1 aliphatic rings. The number of hydrogen-bond acceptors (Lipinski definition) is 2. The highest BCUT2D eigenvalue weighted by atomic mass is 79.9. The normalized spacial score (nSPS) is 26.9. The highest BCUT2D eigenvalue weighted by molar-refractivity contribution is 9.10. The molecule has 0 saturated heterocycles. The molecule has 0 atom stereocenters. The zero-order valence-electron chi connectivity index (χ0n) is 9.98. The molecule has 1 heterocycles. The lowest BCUT2D eigenvalue weighted by Crippen LogP contribution is -2.45. The summed E-state index contributed by atoms with van der Waals surface area (Å²) in [5, 5.41) is 8.51. The van der Waals surface area contributed by atoms with E-state index in [1.165, 1.54) is 5.56 Å². The summed E-state index contributed by atoms with van der Waals surface area (Å²) >= 11 is 9.75. The van der Waals surface area contributed by atoms with Gasteiger partial charge in [-0.3, -0.25) is 0 Å². The number of rotatable bonds is 2. The number of hydrogen-bond donors (Lipinski definition) is 0. The van der Waals surface area contributed by atoms with Crippen LogP contribution in [0.3, 0.4) is 0 Å². The van der Waals surface area contributed by atoms with Crippen LogP contribution in [0.1, 0.15) is 24.2 Å². The maximum atomic E-state index is 6.22. The molecule has 0 spiro atoms. The molecule has 2 aromatic rings. The predicted molar refractivity (Wildman–Crippen MR) is 74.8 cm³/mol. The number of benzene rings is 1.